The molecule has 0 amide bonds. The van der Waals surface area contributed by atoms with Gasteiger partial charge in [-0.2, -0.15) is 0 Å². The van der Waals surface area contributed by atoms with E-state index in [1.807, 2.05) is 36.4 Å². The number of rotatable bonds is 2. The fourth-order valence-electron chi connectivity index (χ4n) is 1.96. The molecule has 2 aromatic heterocycles. The third kappa shape index (κ3) is 1.88. The minimum absolute atomic E-state index is 0.506. The van der Waals surface area contributed by atoms with Gasteiger partial charge in [-0.3, -0.25) is 4.98 Å². The summed E-state index contributed by atoms with van der Waals surface area (Å²) < 4.78 is 0. The predicted molar refractivity (Wildman–Crippen MR) is 74.4 cm³/mol. The van der Waals surface area contributed by atoms with Crippen LogP contribution in [0.25, 0.3) is 22.3 Å². The number of fused-ring (bicyclic) bond motifs is 1. The quantitative estimate of drug-likeness (QED) is 0.740. The molecule has 18 heavy (non-hydrogen) atoms. The van der Waals surface area contributed by atoms with Crippen LogP contribution in [0.4, 0.5) is 0 Å². The Morgan fingerprint density at radius 1 is 1.22 bits per heavy atom. The monoisotopic (exact) mass is 257 g/mol. The minimum Gasteiger partial charge on any atom is -0.352 e. The Morgan fingerprint density at radius 3 is 2.78 bits per heavy atom. The normalized spacial score (nSPS) is 11.0. The summed E-state index contributed by atoms with van der Waals surface area (Å²) in [6.07, 6.45) is 1.79. The SMILES string of the molecule is NCc1ccc(-c2cc3cccc(Cl)c3[nH]2)nc1. The second-order valence-electron chi connectivity index (χ2n) is 4.14. The highest BCUT2D eigenvalue weighted by molar-refractivity contribution is 6.35. The maximum Gasteiger partial charge on any atom is 0.0864 e. The molecule has 3 rings (SSSR count). The van der Waals surface area contributed by atoms with Crippen molar-refractivity contribution in [2.75, 3.05) is 0 Å². The van der Waals surface area contributed by atoms with Gasteiger partial charge in [-0.1, -0.05) is 29.8 Å². The van der Waals surface area contributed by atoms with Gasteiger partial charge >= 0.3 is 0 Å². The van der Waals surface area contributed by atoms with Gasteiger partial charge in [0.2, 0.25) is 0 Å². The summed E-state index contributed by atoms with van der Waals surface area (Å²) in [6.45, 7) is 0.506. The molecular weight excluding hydrogens is 246 g/mol. The number of halogens is 1. The summed E-state index contributed by atoms with van der Waals surface area (Å²) in [7, 11) is 0. The molecule has 90 valence electrons. The number of nitrogens with zero attached hydrogens (tertiary/aromatic N) is 1. The Kier molecular flexibility index (Phi) is 2.78. The number of hydrogen-bond donors (Lipinski definition) is 2. The van der Waals surface area contributed by atoms with E-state index in [9.17, 15) is 0 Å². The number of para-hydroxylation sites is 1. The minimum atomic E-state index is 0.506. The van der Waals surface area contributed by atoms with Gasteiger partial charge in [-0.15, -0.1) is 0 Å². The first kappa shape index (κ1) is 11.3. The summed E-state index contributed by atoms with van der Waals surface area (Å²) >= 11 is 6.14. The molecule has 0 bridgehead atoms. The topological polar surface area (TPSA) is 54.7 Å². The number of nitrogens with one attached hydrogen (secondary N) is 1. The lowest BCUT2D eigenvalue weighted by Crippen LogP contribution is -1.96. The summed E-state index contributed by atoms with van der Waals surface area (Å²) in [5.41, 5.74) is 9.37. The average Bonchev–Trinajstić information content (AvgIpc) is 2.84. The van der Waals surface area contributed by atoms with Crippen LogP contribution in [-0.4, -0.2) is 9.97 Å². The maximum absolute atomic E-state index is 6.14. The van der Waals surface area contributed by atoms with Gasteiger partial charge in [0.15, 0.2) is 0 Å². The Labute approximate surface area is 110 Å². The molecule has 3 N–H and O–H groups in total. The van der Waals surface area contributed by atoms with Crippen LogP contribution in [0.1, 0.15) is 5.56 Å². The van der Waals surface area contributed by atoms with E-state index in [-0.39, 0.29) is 0 Å². The lowest BCUT2D eigenvalue weighted by Gasteiger charge is -1.99. The van der Waals surface area contributed by atoms with Crippen molar-refractivity contribution in [3.63, 3.8) is 0 Å². The highest BCUT2D eigenvalue weighted by Crippen LogP contribution is 2.27. The molecule has 3 aromatic rings. The van der Waals surface area contributed by atoms with Crippen LogP contribution in [0, 0.1) is 0 Å². The van der Waals surface area contributed by atoms with Gasteiger partial charge in [0, 0.05) is 18.1 Å². The van der Waals surface area contributed by atoms with Gasteiger partial charge < -0.3 is 10.7 Å². The van der Waals surface area contributed by atoms with Gasteiger partial charge in [0.25, 0.3) is 0 Å². The highest BCUT2D eigenvalue weighted by atomic mass is 35.5. The van der Waals surface area contributed by atoms with Crippen LogP contribution >= 0.6 is 11.6 Å². The van der Waals surface area contributed by atoms with Crippen molar-refractivity contribution in [1.29, 1.82) is 0 Å². The summed E-state index contributed by atoms with van der Waals surface area (Å²) in [5, 5.41) is 1.81. The molecule has 0 atom stereocenters. The second kappa shape index (κ2) is 4.44. The molecule has 4 heteroatoms. The van der Waals surface area contributed by atoms with E-state index in [1.165, 1.54) is 0 Å². The molecule has 0 aliphatic rings. The number of aromatic amines is 1. The second-order valence-corrected chi connectivity index (χ2v) is 4.55. The van der Waals surface area contributed by atoms with E-state index < -0.39 is 0 Å². The summed E-state index contributed by atoms with van der Waals surface area (Å²) in [4.78, 5) is 7.68. The predicted octanol–water partition coefficient (Wildman–Crippen LogP) is 3.34. The Bertz CT molecular complexity index is 686. The van der Waals surface area contributed by atoms with Crippen molar-refractivity contribution in [2.45, 2.75) is 6.54 Å². The molecule has 2 heterocycles. The molecule has 0 radical (unpaired) electrons. The third-order valence-corrected chi connectivity index (χ3v) is 3.26. The van der Waals surface area contributed by atoms with Crippen molar-refractivity contribution in [2.24, 2.45) is 5.73 Å². The Morgan fingerprint density at radius 2 is 2.11 bits per heavy atom. The molecule has 0 fully saturated rings. The smallest absolute Gasteiger partial charge is 0.0864 e. The van der Waals surface area contributed by atoms with E-state index in [1.54, 1.807) is 6.20 Å². The van der Waals surface area contributed by atoms with Gasteiger partial charge in [0.1, 0.15) is 0 Å². The van der Waals surface area contributed by atoms with Crippen molar-refractivity contribution < 1.29 is 0 Å². The van der Waals surface area contributed by atoms with Crippen LogP contribution in [0.5, 0.6) is 0 Å². The highest BCUT2D eigenvalue weighted by Gasteiger charge is 2.06. The van der Waals surface area contributed by atoms with Crippen molar-refractivity contribution in [3.05, 3.63) is 53.2 Å². The Balaban J connectivity index is 2.10. The lowest BCUT2D eigenvalue weighted by atomic mass is 10.2. The molecule has 0 aliphatic heterocycles. The van der Waals surface area contributed by atoms with Crippen molar-refractivity contribution >= 4 is 22.5 Å². The molecular formula is C14H12ClN3. The zero-order chi connectivity index (χ0) is 12.5. The lowest BCUT2D eigenvalue weighted by molar-refractivity contribution is 1.05. The molecule has 0 aliphatic carbocycles. The van der Waals surface area contributed by atoms with Crippen LogP contribution < -0.4 is 5.73 Å². The standard InChI is InChI=1S/C14H12ClN3/c15-11-3-1-2-10-6-13(18-14(10)11)12-5-4-9(7-16)8-17-12/h1-6,8,18H,7,16H2. The number of benzene rings is 1. The number of hydrogen-bond acceptors (Lipinski definition) is 2. The van der Waals surface area contributed by atoms with E-state index in [0.717, 1.165) is 32.9 Å². The van der Waals surface area contributed by atoms with Crippen LogP contribution in [0.3, 0.4) is 0 Å². The average molecular weight is 258 g/mol. The largest absolute Gasteiger partial charge is 0.352 e. The number of nitrogens with two attached hydrogens (primary N) is 1. The van der Waals surface area contributed by atoms with E-state index in [2.05, 4.69) is 9.97 Å². The van der Waals surface area contributed by atoms with Crippen molar-refractivity contribution in [1.82, 2.24) is 9.97 Å². The van der Waals surface area contributed by atoms with E-state index in [0.29, 0.717) is 6.54 Å². The molecule has 1 aromatic carbocycles. The van der Waals surface area contributed by atoms with Gasteiger partial charge in [-0.05, 0) is 23.8 Å². The number of pyridine rings is 1. The van der Waals surface area contributed by atoms with Crippen molar-refractivity contribution in [3.8, 4) is 11.4 Å². The van der Waals surface area contributed by atoms with Crippen LogP contribution in [0.15, 0.2) is 42.6 Å². The Hall–Kier alpha value is -1.84. The van der Waals surface area contributed by atoms with Crippen LogP contribution in [-0.2, 0) is 6.54 Å². The zero-order valence-electron chi connectivity index (χ0n) is 9.65. The van der Waals surface area contributed by atoms with Crippen LogP contribution in [0.2, 0.25) is 5.02 Å². The number of aromatic nitrogens is 2. The first-order chi connectivity index (χ1) is 8.78. The fraction of sp³-hybridized carbons (Fsp3) is 0.0714. The summed E-state index contributed by atoms with van der Waals surface area (Å²) in [6, 6.07) is 11.8. The fourth-order valence-corrected chi connectivity index (χ4v) is 2.19. The first-order valence-corrected chi connectivity index (χ1v) is 6.08. The number of H-pyrrole nitrogens is 1. The van der Waals surface area contributed by atoms with E-state index >= 15 is 0 Å². The molecule has 0 unspecified atom stereocenters. The third-order valence-electron chi connectivity index (χ3n) is 2.94. The first-order valence-electron chi connectivity index (χ1n) is 5.70. The molecule has 3 nitrogen and oxygen atoms in total. The van der Waals surface area contributed by atoms with E-state index in [4.69, 9.17) is 17.3 Å². The van der Waals surface area contributed by atoms with Gasteiger partial charge in [0.05, 0.1) is 21.9 Å². The maximum atomic E-state index is 6.14. The summed E-state index contributed by atoms with van der Waals surface area (Å²) in [5.74, 6) is 0. The zero-order valence-corrected chi connectivity index (χ0v) is 10.4. The molecule has 0 spiro atoms. The van der Waals surface area contributed by atoms with Gasteiger partial charge in [-0.25, -0.2) is 0 Å². The molecule has 0 saturated heterocycles. The molecule has 0 saturated carbocycles.